The molecule has 1 fully saturated rings. The second-order valence-corrected chi connectivity index (χ2v) is 4.44. The van der Waals surface area contributed by atoms with Gasteiger partial charge in [0, 0.05) is 12.7 Å². The summed E-state index contributed by atoms with van der Waals surface area (Å²) in [7, 11) is 0. The van der Waals surface area contributed by atoms with Crippen LogP contribution in [0.5, 0.6) is 0 Å². The molecule has 0 unspecified atom stereocenters. The maximum Gasteiger partial charge on any atom is 0.401 e. The van der Waals surface area contributed by atoms with Gasteiger partial charge in [-0.1, -0.05) is 12.8 Å². The fourth-order valence-electron chi connectivity index (χ4n) is 2.18. The van der Waals surface area contributed by atoms with Gasteiger partial charge in [-0.25, -0.2) is 0 Å². The van der Waals surface area contributed by atoms with Gasteiger partial charge >= 0.3 is 6.18 Å². The van der Waals surface area contributed by atoms with Crippen molar-refractivity contribution in [3.05, 3.63) is 18.0 Å². The monoisotopic (exact) mass is 247 g/mol. The van der Waals surface area contributed by atoms with Gasteiger partial charge in [0.15, 0.2) is 0 Å². The summed E-state index contributed by atoms with van der Waals surface area (Å²) >= 11 is 0. The Bertz CT molecular complexity index is 353. The molecule has 1 N–H and O–H groups in total. The molecule has 0 aliphatic heterocycles. The van der Waals surface area contributed by atoms with E-state index >= 15 is 0 Å². The van der Waals surface area contributed by atoms with E-state index in [4.69, 9.17) is 0 Å². The third-order valence-electron chi connectivity index (χ3n) is 2.99. The third kappa shape index (κ3) is 3.73. The quantitative estimate of drug-likeness (QED) is 0.886. The van der Waals surface area contributed by atoms with E-state index in [0.29, 0.717) is 11.7 Å². The Morgan fingerprint density at radius 1 is 1.35 bits per heavy atom. The number of alkyl halides is 3. The molecule has 0 bridgehead atoms. The molecule has 0 radical (unpaired) electrons. The maximum absolute atomic E-state index is 11.9. The van der Waals surface area contributed by atoms with Gasteiger partial charge < -0.3 is 5.32 Å². The zero-order valence-corrected chi connectivity index (χ0v) is 9.50. The van der Waals surface area contributed by atoms with Crippen LogP contribution in [0, 0.1) is 0 Å². The van der Waals surface area contributed by atoms with Crippen molar-refractivity contribution < 1.29 is 13.2 Å². The topological polar surface area (TPSA) is 29.9 Å². The van der Waals surface area contributed by atoms with Gasteiger partial charge in [-0.2, -0.15) is 18.3 Å². The fraction of sp³-hybridized carbons (Fsp3) is 0.727. The summed E-state index contributed by atoms with van der Waals surface area (Å²) in [5, 5.41) is 6.64. The molecule has 3 nitrogen and oxygen atoms in total. The van der Waals surface area contributed by atoms with Crippen molar-refractivity contribution in [2.24, 2.45) is 0 Å². The second-order valence-electron chi connectivity index (χ2n) is 4.44. The van der Waals surface area contributed by atoms with Crippen LogP contribution in [0.25, 0.3) is 0 Å². The summed E-state index contributed by atoms with van der Waals surface area (Å²) in [6.07, 6.45) is 2.38. The molecule has 0 spiro atoms. The first-order valence-electron chi connectivity index (χ1n) is 5.86. The van der Waals surface area contributed by atoms with E-state index in [0.717, 1.165) is 12.8 Å². The first-order valence-corrected chi connectivity index (χ1v) is 5.86. The van der Waals surface area contributed by atoms with Gasteiger partial charge in [0.25, 0.3) is 0 Å². The van der Waals surface area contributed by atoms with Gasteiger partial charge in [0.2, 0.25) is 0 Å². The van der Waals surface area contributed by atoms with Crippen LogP contribution in [-0.4, -0.2) is 22.5 Å². The molecule has 1 aromatic rings. The number of aromatic nitrogens is 2. The van der Waals surface area contributed by atoms with E-state index < -0.39 is 12.7 Å². The van der Waals surface area contributed by atoms with E-state index in [-0.39, 0.29) is 6.54 Å². The summed E-state index contributed by atoms with van der Waals surface area (Å²) in [4.78, 5) is 0. The van der Waals surface area contributed by atoms with E-state index in [2.05, 4.69) is 10.4 Å². The summed E-state index contributed by atoms with van der Waals surface area (Å²) in [5.74, 6) is 0. The second kappa shape index (κ2) is 5.08. The fourth-order valence-corrected chi connectivity index (χ4v) is 2.18. The van der Waals surface area contributed by atoms with E-state index in [1.165, 1.54) is 12.8 Å². The summed E-state index contributed by atoms with van der Waals surface area (Å²) in [6, 6.07) is 2.22. The highest BCUT2D eigenvalue weighted by atomic mass is 19.4. The Hall–Kier alpha value is -1.04. The Labute approximate surface area is 98.0 Å². The zero-order chi connectivity index (χ0) is 12.3. The standard InChI is InChI=1S/C11H16F3N3/c12-11(13,14)8-15-7-9-5-6-17(16-9)10-3-1-2-4-10/h5-6,10,15H,1-4,7-8H2. The molecule has 96 valence electrons. The Kier molecular flexibility index (Phi) is 3.71. The van der Waals surface area contributed by atoms with Gasteiger partial charge in [0.05, 0.1) is 18.3 Å². The lowest BCUT2D eigenvalue weighted by atomic mass is 10.3. The molecule has 0 aromatic carbocycles. The molecular weight excluding hydrogens is 231 g/mol. The van der Waals surface area contributed by atoms with Crippen molar-refractivity contribution in [2.45, 2.75) is 44.4 Å². The lowest BCUT2D eigenvalue weighted by Crippen LogP contribution is -2.28. The molecule has 1 aliphatic carbocycles. The highest BCUT2D eigenvalue weighted by Crippen LogP contribution is 2.28. The minimum Gasteiger partial charge on any atom is -0.303 e. The molecule has 1 saturated carbocycles. The summed E-state index contributed by atoms with van der Waals surface area (Å²) in [5.41, 5.74) is 0.668. The number of nitrogens with zero attached hydrogens (tertiary/aromatic N) is 2. The molecule has 17 heavy (non-hydrogen) atoms. The van der Waals surface area contributed by atoms with E-state index in [1.807, 2.05) is 10.9 Å². The summed E-state index contributed by atoms with van der Waals surface area (Å²) in [6.45, 7) is -0.803. The van der Waals surface area contributed by atoms with Crippen molar-refractivity contribution >= 4 is 0 Å². The zero-order valence-electron chi connectivity index (χ0n) is 9.50. The minimum absolute atomic E-state index is 0.166. The van der Waals surface area contributed by atoms with E-state index in [1.54, 1.807) is 6.07 Å². The molecule has 6 heteroatoms. The van der Waals surface area contributed by atoms with Crippen molar-refractivity contribution in [1.29, 1.82) is 0 Å². The Morgan fingerprint density at radius 3 is 2.71 bits per heavy atom. The van der Waals surface area contributed by atoms with Crippen molar-refractivity contribution in [1.82, 2.24) is 15.1 Å². The van der Waals surface area contributed by atoms with Crippen molar-refractivity contribution in [2.75, 3.05) is 6.54 Å². The van der Waals surface area contributed by atoms with E-state index in [9.17, 15) is 13.2 Å². The molecule has 2 rings (SSSR count). The molecule has 0 saturated heterocycles. The average Bonchev–Trinajstić information content (AvgIpc) is 2.83. The van der Waals surface area contributed by atoms with Gasteiger partial charge in [-0.05, 0) is 18.9 Å². The van der Waals surface area contributed by atoms with Gasteiger partial charge in [0.1, 0.15) is 0 Å². The number of hydrogen-bond donors (Lipinski definition) is 1. The first-order chi connectivity index (χ1) is 8.04. The van der Waals surface area contributed by atoms with Crippen LogP contribution in [0.2, 0.25) is 0 Å². The average molecular weight is 247 g/mol. The molecule has 1 aliphatic rings. The van der Waals surface area contributed by atoms with Crippen LogP contribution in [0.15, 0.2) is 12.3 Å². The number of nitrogens with one attached hydrogen (secondary N) is 1. The minimum atomic E-state index is -4.16. The predicted molar refractivity (Wildman–Crippen MR) is 57.5 cm³/mol. The van der Waals surface area contributed by atoms with Gasteiger partial charge in [-0.3, -0.25) is 4.68 Å². The lowest BCUT2D eigenvalue weighted by Gasteiger charge is -2.09. The molecule has 0 atom stereocenters. The van der Waals surface area contributed by atoms with Crippen LogP contribution in [0.1, 0.15) is 37.4 Å². The van der Waals surface area contributed by atoms with Crippen LogP contribution in [0.3, 0.4) is 0 Å². The normalized spacial score (nSPS) is 17.8. The smallest absolute Gasteiger partial charge is 0.303 e. The Balaban J connectivity index is 1.81. The van der Waals surface area contributed by atoms with Crippen LogP contribution < -0.4 is 5.32 Å². The molecule has 0 amide bonds. The number of hydrogen-bond acceptors (Lipinski definition) is 2. The van der Waals surface area contributed by atoms with Crippen molar-refractivity contribution in [3.63, 3.8) is 0 Å². The maximum atomic E-state index is 11.9. The SMILES string of the molecule is FC(F)(F)CNCc1ccn(C2CCCC2)n1. The predicted octanol–water partition coefficient (Wildman–Crippen LogP) is 2.65. The first kappa shape index (κ1) is 12.4. The number of rotatable bonds is 4. The largest absolute Gasteiger partial charge is 0.401 e. The van der Waals surface area contributed by atoms with Crippen LogP contribution >= 0.6 is 0 Å². The molecule has 1 aromatic heterocycles. The van der Waals surface area contributed by atoms with Crippen LogP contribution in [-0.2, 0) is 6.54 Å². The lowest BCUT2D eigenvalue weighted by molar-refractivity contribution is -0.125. The molecule has 1 heterocycles. The summed E-state index contributed by atoms with van der Waals surface area (Å²) < 4.78 is 37.6. The molecular formula is C11H16F3N3. The van der Waals surface area contributed by atoms with Crippen molar-refractivity contribution in [3.8, 4) is 0 Å². The Morgan fingerprint density at radius 2 is 2.06 bits per heavy atom. The highest BCUT2D eigenvalue weighted by molar-refractivity contribution is 4.99. The van der Waals surface area contributed by atoms with Gasteiger partial charge in [-0.15, -0.1) is 0 Å². The highest BCUT2D eigenvalue weighted by Gasteiger charge is 2.26. The number of halogens is 3. The third-order valence-corrected chi connectivity index (χ3v) is 2.99. The van der Waals surface area contributed by atoms with Crippen LogP contribution in [0.4, 0.5) is 13.2 Å².